The SMILES string of the molecule is COCCNC(=O)c1cc(CO)ccc1C. The monoisotopic (exact) mass is 223 g/mol. The molecule has 0 saturated heterocycles. The second-order valence-corrected chi connectivity index (χ2v) is 3.56. The van der Waals surface area contributed by atoms with E-state index in [0.29, 0.717) is 18.7 Å². The number of hydrogen-bond donors (Lipinski definition) is 2. The molecule has 0 radical (unpaired) electrons. The van der Waals surface area contributed by atoms with Crippen molar-refractivity contribution in [3.63, 3.8) is 0 Å². The number of benzene rings is 1. The van der Waals surface area contributed by atoms with Crippen LogP contribution in [0.2, 0.25) is 0 Å². The van der Waals surface area contributed by atoms with Crippen molar-refractivity contribution >= 4 is 5.91 Å². The average molecular weight is 223 g/mol. The van der Waals surface area contributed by atoms with Gasteiger partial charge in [0.1, 0.15) is 0 Å². The standard InChI is InChI=1S/C12H17NO3/c1-9-3-4-10(8-14)7-11(9)12(15)13-5-6-16-2/h3-4,7,14H,5-6,8H2,1-2H3,(H,13,15). The van der Waals surface area contributed by atoms with E-state index in [-0.39, 0.29) is 12.5 Å². The van der Waals surface area contributed by atoms with E-state index in [1.165, 1.54) is 0 Å². The molecular formula is C12H17NO3. The third-order valence-electron chi connectivity index (χ3n) is 2.32. The van der Waals surface area contributed by atoms with Gasteiger partial charge in [-0.2, -0.15) is 0 Å². The Labute approximate surface area is 95.2 Å². The molecule has 0 heterocycles. The van der Waals surface area contributed by atoms with Crippen LogP contribution in [0.5, 0.6) is 0 Å². The highest BCUT2D eigenvalue weighted by molar-refractivity contribution is 5.95. The number of amides is 1. The van der Waals surface area contributed by atoms with Crippen molar-refractivity contribution in [2.24, 2.45) is 0 Å². The smallest absolute Gasteiger partial charge is 0.251 e. The van der Waals surface area contributed by atoms with Gasteiger partial charge in [-0.05, 0) is 24.1 Å². The molecule has 1 aromatic carbocycles. The van der Waals surface area contributed by atoms with E-state index in [0.717, 1.165) is 11.1 Å². The molecule has 1 rings (SSSR count). The van der Waals surface area contributed by atoms with Gasteiger partial charge in [-0.3, -0.25) is 4.79 Å². The maximum Gasteiger partial charge on any atom is 0.251 e. The number of aliphatic hydroxyl groups is 1. The zero-order chi connectivity index (χ0) is 12.0. The van der Waals surface area contributed by atoms with Crippen molar-refractivity contribution in [3.05, 3.63) is 34.9 Å². The fourth-order valence-corrected chi connectivity index (χ4v) is 1.37. The minimum Gasteiger partial charge on any atom is -0.392 e. The Morgan fingerprint density at radius 2 is 2.25 bits per heavy atom. The Hall–Kier alpha value is -1.39. The molecule has 88 valence electrons. The van der Waals surface area contributed by atoms with Gasteiger partial charge < -0.3 is 15.2 Å². The predicted octanol–water partition coefficient (Wildman–Crippen LogP) is 0.864. The first kappa shape index (κ1) is 12.7. The molecule has 1 amide bonds. The van der Waals surface area contributed by atoms with Crippen LogP contribution < -0.4 is 5.32 Å². The molecule has 0 aliphatic heterocycles. The van der Waals surface area contributed by atoms with Gasteiger partial charge in [0, 0.05) is 19.2 Å². The molecule has 0 aliphatic rings. The Bertz CT molecular complexity index is 363. The number of rotatable bonds is 5. The molecular weight excluding hydrogens is 206 g/mol. The Balaban J connectivity index is 2.73. The summed E-state index contributed by atoms with van der Waals surface area (Å²) in [4.78, 5) is 11.8. The van der Waals surface area contributed by atoms with Crippen LogP contribution in [0, 0.1) is 6.92 Å². The summed E-state index contributed by atoms with van der Waals surface area (Å²) in [6, 6.07) is 5.34. The molecule has 2 N–H and O–H groups in total. The lowest BCUT2D eigenvalue weighted by atomic mass is 10.0. The van der Waals surface area contributed by atoms with E-state index in [1.807, 2.05) is 13.0 Å². The Kier molecular flexibility index (Phi) is 4.95. The van der Waals surface area contributed by atoms with E-state index >= 15 is 0 Å². The minimum absolute atomic E-state index is 0.0569. The number of hydrogen-bond acceptors (Lipinski definition) is 3. The first-order chi connectivity index (χ1) is 7.69. The highest BCUT2D eigenvalue weighted by Gasteiger charge is 2.08. The molecule has 16 heavy (non-hydrogen) atoms. The first-order valence-electron chi connectivity index (χ1n) is 5.16. The lowest BCUT2D eigenvalue weighted by Gasteiger charge is -2.08. The molecule has 0 aliphatic carbocycles. The molecule has 1 aromatic rings. The summed E-state index contributed by atoms with van der Waals surface area (Å²) in [5, 5.41) is 11.7. The molecule has 0 aromatic heterocycles. The van der Waals surface area contributed by atoms with E-state index in [4.69, 9.17) is 9.84 Å². The summed E-state index contributed by atoms with van der Waals surface area (Å²) in [6.07, 6.45) is 0. The van der Waals surface area contributed by atoms with E-state index < -0.39 is 0 Å². The van der Waals surface area contributed by atoms with Gasteiger partial charge in [0.15, 0.2) is 0 Å². The zero-order valence-electron chi connectivity index (χ0n) is 9.62. The van der Waals surface area contributed by atoms with Crippen LogP contribution >= 0.6 is 0 Å². The van der Waals surface area contributed by atoms with Gasteiger partial charge in [-0.1, -0.05) is 12.1 Å². The van der Waals surface area contributed by atoms with Crippen molar-refractivity contribution < 1.29 is 14.6 Å². The molecule has 4 nitrogen and oxygen atoms in total. The van der Waals surface area contributed by atoms with Gasteiger partial charge in [0.25, 0.3) is 5.91 Å². The number of nitrogens with one attached hydrogen (secondary N) is 1. The average Bonchev–Trinajstić information content (AvgIpc) is 2.30. The van der Waals surface area contributed by atoms with Crippen LogP contribution in [-0.4, -0.2) is 31.3 Å². The second kappa shape index (κ2) is 6.25. The molecule has 0 unspecified atom stereocenters. The maximum absolute atomic E-state index is 11.8. The van der Waals surface area contributed by atoms with Crippen molar-refractivity contribution in [3.8, 4) is 0 Å². The number of carbonyl (C=O) groups excluding carboxylic acids is 1. The lowest BCUT2D eigenvalue weighted by Crippen LogP contribution is -2.27. The van der Waals surface area contributed by atoms with Crippen LogP contribution in [0.25, 0.3) is 0 Å². The van der Waals surface area contributed by atoms with Crippen molar-refractivity contribution in [1.29, 1.82) is 0 Å². The summed E-state index contributed by atoms with van der Waals surface area (Å²) >= 11 is 0. The topological polar surface area (TPSA) is 58.6 Å². The molecule has 0 fully saturated rings. The van der Waals surface area contributed by atoms with Crippen molar-refractivity contribution in [2.45, 2.75) is 13.5 Å². The van der Waals surface area contributed by atoms with Crippen LogP contribution in [-0.2, 0) is 11.3 Å². The molecule has 0 atom stereocenters. The van der Waals surface area contributed by atoms with Gasteiger partial charge in [0.2, 0.25) is 0 Å². The Morgan fingerprint density at radius 1 is 1.50 bits per heavy atom. The summed E-state index contributed by atoms with van der Waals surface area (Å²) < 4.78 is 4.85. The Morgan fingerprint density at radius 3 is 2.88 bits per heavy atom. The number of methoxy groups -OCH3 is 1. The third kappa shape index (κ3) is 3.32. The molecule has 0 bridgehead atoms. The molecule has 4 heteroatoms. The summed E-state index contributed by atoms with van der Waals surface area (Å²) in [7, 11) is 1.59. The predicted molar refractivity (Wildman–Crippen MR) is 61.3 cm³/mol. The van der Waals surface area contributed by atoms with Crippen molar-refractivity contribution in [1.82, 2.24) is 5.32 Å². The highest BCUT2D eigenvalue weighted by Crippen LogP contribution is 2.11. The van der Waals surface area contributed by atoms with Gasteiger partial charge >= 0.3 is 0 Å². The number of aryl methyl sites for hydroxylation is 1. The maximum atomic E-state index is 11.8. The van der Waals surface area contributed by atoms with Gasteiger partial charge in [-0.25, -0.2) is 0 Å². The van der Waals surface area contributed by atoms with E-state index in [2.05, 4.69) is 5.32 Å². The summed E-state index contributed by atoms with van der Waals surface area (Å²) in [5.41, 5.74) is 2.23. The zero-order valence-corrected chi connectivity index (χ0v) is 9.62. The second-order valence-electron chi connectivity index (χ2n) is 3.56. The summed E-state index contributed by atoms with van der Waals surface area (Å²) in [5.74, 6) is -0.134. The van der Waals surface area contributed by atoms with Gasteiger partial charge in [0.05, 0.1) is 13.2 Å². The van der Waals surface area contributed by atoms with Crippen LogP contribution in [0.3, 0.4) is 0 Å². The van der Waals surface area contributed by atoms with Crippen LogP contribution in [0.1, 0.15) is 21.5 Å². The number of ether oxygens (including phenoxy) is 1. The summed E-state index contributed by atoms with van der Waals surface area (Å²) in [6.45, 7) is 2.79. The third-order valence-corrected chi connectivity index (χ3v) is 2.32. The van der Waals surface area contributed by atoms with Gasteiger partial charge in [-0.15, -0.1) is 0 Å². The first-order valence-corrected chi connectivity index (χ1v) is 5.16. The quantitative estimate of drug-likeness (QED) is 0.728. The fourth-order valence-electron chi connectivity index (χ4n) is 1.37. The minimum atomic E-state index is -0.134. The van der Waals surface area contributed by atoms with Crippen LogP contribution in [0.15, 0.2) is 18.2 Å². The largest absolute Gasteiger partial charge is 0.392 e. The number of aliphatic hydroxyl groups excluding tert-OH is 1. The normalized spacial score (nSPS) is 10.2. The molecule has 0 saturated carbocycles. The van der Waals surface area contributed by atoms with Crippen molar-refractivity contribution in [2.75, 3.05) is 20.3 Å². The van der Waals surface area contributed by atoms with Crippen LogP contribution in [0.4, 0.5) is 0 Å². The van der Waals surface area contributed by atoms with E-state index in [9.17, 15) is 4.79 Å². The fraction of sp³-hybridized carbons (Fsp3) is 0.417. The molecule has 0 spiro atoms. The number of carbonyl (C=O) groups is 1. The van der Waals surface area contributed by atoms with E-state index in [1.54, 1.807) is 19.2 Å². The highest BCUT2D eigenvalue weighted by atomic mass is 16.5. The lowest BCUT2D eigenvalue weighted by molar-refractivity contribution is 0.0936.